The minimum absolute atomic E-state index is 0. The maximum atomic E-state index is 9.01. The average molecular weight is 122 g/mol. The molecule has 0 aromatic carbocycles. The first-order valence-electron chi connectivity index (χ1n) is 0.654. The van der Waals surface area contributed by atoms with Gasteiger partial charge in [0, 0.05) is 11.9 Å². The Hall–Kier alpha value is 0.797. The van der Waals surface area contributed by atoms with E-state index >= 15 is 0 Å². The second-order valence-electron chi connectivity index (χ2n) is 0.267. The fourth-order valence-corrected chi connectivity index (χ4v) is 0. The molecule has 0 aliphatic carbocycles. The molecule has 3 nitrogen and oxygen atoms in total. The molecule has 6 heavy (non-hydrogen) atoms. The molecule has 0 fully saturated rings. The largest absolute Gasteiger partial charge is 1.00 e. The predicted molar refractivity (Wildman–Crippen MR) is 15.7 cm³/mol. The van der Waals surface area contributed by atoms with E-state index in [0.29, 0.717) is 0 Å². The summed E-state index contributed by atoms with van der Waals surface area (Å²) in [6.45, 7) is 0. The van der Waals surface area contributed by atoms with Crippen LogP contribution in [0, 0.1) is 0 Å². The average Bonchev–Trinajstić information content (AvgIpc) is 1.38. The third kappa shape index (κ3) is 8.84. The van der Waals surface area contributed by atoms with E-state index in [9.17, 15) is 0 Å². The molecule has 0 aliphatic heterocycles. The van der Waals surface area contributed by atoms with Crippen molar-refractivity contribution in [1.82, 2.24) is 0 Å². The zero-order chi connectivity index (χ0) is 4.28. The monoisotopic (exact) mass is 122 g/mol. The molecule has 0 aromatic heterocycles. The summed E-state index contributed by atoms with van der Waals surface area (Å²) in [5.41, 5.74) is 0. The summed E-state index contributed by atoms with van der Waals surface area (Å²) in [5.74, 6) is 0. The van der Waals surface area contributed by atoms with Crippen molar-refractivity contribution in [2.45, 2.75) is 0 Å². The van der Waals surface area contributed by atoms with Crippen molar-refractivity contribution in [3.05, 3.63) is 0 Å². The normalized spacial score (nSPS) is 7.67. The molecule has 0 saturated heterocycles. The van der Waals surface area contributed by atoms with Crippen molar-refractivity contribution in [2.24, 2.45) is 0 Å². The van der Waals surface area contributed by atoms with E-state index in [1.165, 1.54) is 0 Å². The first-order chi connectivity index (χ1) is 2.27. The third-order valence-corrected chi connectivity index (χ3v) is 0.463. The van der Waals surface area contributed by atoms with Crippen LogP contribution in [0.15, 0.2) is 0 Å². The van der Waals surface area contributed by atoms with Gasteiger partial charge in [-0.3, -0.25) is 0 Å². The van der Waals surface area contributed by atoms with Gasteiger partial charge in [-0.1, -0.05) is 0 Å². The molecule has 0 rings (SSSR count). The number of rotatable bonds is 1. The van der Waals surface area contributed by atoms with Gasteiger partial charge in [0.1, 0.15) is 0 Å². The zero-order valence-corrected chi connectivity index (χ0v) is 4.58. The summed E-state index contributed by atoms with van der Waals surface area (Å²) in [7, 11) is -2.56. The standard InChI is InChI=1S/ClO3S.Li/c1-4-5(2)3;/q-1;+1. The van der Waals surface area contributed by atoms with Gasteiger partial charge in [-0.15, -0.1) is 0 Å². The van der Waals surface area contributed by atoms with Gasteiger partial charge in [0.15, 0.2) is 0 Å². The molecule has 0 aliphatic rings. The minimum atomic E-state index is -2.56. The van der Waals surface area contributed by atoms with E-state index in [1.54, 1.807) is 0 Å². The first-order valence-corrected chi connectivity index (χ1v) is 1.96. The second-order valence-corrected chi connectivity index (χ2v) is 1.18. The van der Waals surface area contributed by atoms with Crippen molar-refractivity contribution in [1.29, 1.82) is 0 Å². The van der Waals surface area contributed by atoms with Gasteiger partial charge in [-0.05, 0) is 0 Å². The first kappa shape index (κ1) is 9.93. The quantitative estimate of drug-likeness (QED) is 0.283. The summed E-state index contributed by atoms with van der Waals surface area (Å²) in [6, 6.07) is 0. The predicted octanol–water partition coefficient (Wildman–Crippen LogP) is -2.61. The van der Waals surface area contributed by atoms with Crippen LogP contribution in [-0.2, 0) is 23.1 Å². The molecule has 0 aromatic rings. The Morgan fingerprint density at radius 3 is 1.67 bits per heavy atom. The van der Waals surface area contributed by atoms with Gasteiger partial charge in [0.05, 0.1) is 11.0 Å². The van der Waals surface area contributed by atoms with Gasteiger partial charge in [0.25, 0.3) is 0 Å². The van der Waals surface area contributed by atoms with Crippen molar-refractivity contribution in [3.8, 4) is 0 Å². The van der Waals surface area contributed by atoms with Crippen LogP contribution < -0.4 is 18.9 Å². The van der Waals surface area contributed by atoms with Crippen LogP contribution in [0.1, 0.15) is 0 Å². The number of halogens is 1. The van der Waals surface area contributed by atoms with Crippen molar-refractivity contribution in [3.63, 3.8) is 0 Å². The minimum Gasteiger partial charge on any atom is -0.395 e. The Labute approximate surface area is 54.1 Å². The topological polar surface area (TPSA) is 43.4 Å². The molecule has 0 spiro atoms. The molecular weight excluding hydrogens is 122 g/mol. The molecule has 0 radical (unpaired) electrons. The van der Waals surface area contributed by atoms with Crippen LogP contribution in [0.5, 0.6) is 0 Å². The van der Waals surface area contributed by atoms with E-state index in [0.717, 1.165) is 0 Å². The van der Waals surface area contributed by atoms with Crippen LogP contribution in [-0.4, -0.2) is 0 Å². The van der Waals surface area contributed by atoms with E-state index in [4.69, 9.17) is 8.42 Å². The molecule has 0 N–H and O–H groups in total. The number of hydrogen-bond acceptors (Lipinski definition) is 4. The molecule has 0 saturated carbocycles. The van der Waals surface area contributed by atoms with Gasteiger partial charge in [-0.25, -0.2) is 0 Å². The zero-order valence-electron chi connectivity index (χ0n) is 3.01. The molecule has 32 valence electrons. The summed E-state index contributed by atoms with van der Waals surface area (Å²) in [6.07, 6.45) is 0. The molecule has 6 heteroatoms. The van der Waals surface area contributed by atoms with Crippen LogP contribution in [0.3, 0.4) is 0 Å². The van der Waals surface area contributed by atoms with E-state index in [-0.39, 0.29) is 18.9 Å². The molecule has 0 heterocycles. The van der Waals surface area contributed by atoms with Crippen molar-refractivity contribution < 1.29 is 31.0 Å². The maximum Gasteiger partial charge on any atom is 1.00 e. The van der Waals surface area contributed by atoms with Crippen molar-refractivity contribution >= 4 is 22.9 Å². The Balaban J connectivity index is 0. The molecule has 0 amide bonds. The van der Waals surface area contributed by atoms with E-state index in [2.05, 4.69) is 15.6 Å². The summed E-state index contributed by atoms with van der Waals surface area (Å²) >= 11 is 4.22. The third-order valence-electron chi connectivity index (χ3n) is 0.0514. The Kier molecular flexibility index (Phi) is 9.59. The van der Waals surface area contributed by atoms with E-state index < -0.39 is 11.0 Å². The number of hydrogen-bond donors (Lipinski definition) is 0. The summed E-state index contributed by atoms with van der Waals surface area (Å²) in [4.78, 5) is 0. The SMILES string of the molecule is O=[S-](=O)OCl.[Li+]. The van der Waals surface area contributed by atoms with Crippen molar-refractivity contribution in [2.75, 3.05) is 0 Å². The van der Waals surface area contributed by atoms with Gasteiger partial charge in [-0.2, -0.15) is 0 Å². The van der Waals surface area contributed by atoms with Crippen LogP contribution in [0.2, 0.25) is 0 Å². The fraction of sp³-hybridized carbons (Fsp3) is 0. The molecule has 0 bridgehead atoms. The van der Waals surface area contributed by atoms with Gasteiger partial charge < -0.3 is 12.2 Å². The molecule has 0 atom stereocenters. The van der Waals surface area contributed by atoms with Gasteiger partial charge in [0.2, 0.25) is 0 Å². The van der Waals surface area contributed by atoms with Crippen LogP contribution in [0.4, 0.5) is 0 Å². The van der Waals surface area contributed by atoms with Crippen LogP contribution >= 0.6 is 11.9 Å². The Morgan fingerprint density at radius 2 is 1.67 bits per heavy atom. The smallest absolute Gasteiger partial charge is 0.395 e. The fourth-order valence-electron chi connectivity index (χ4n) is 0. The Bertz CT molecular complexity index is 68.9. The molecular formula is ClLiO3S. The summed E-state index contributed by atoms with van der Waals surface area (Å²) in [5, 5.41) is 0. The van der Waals surface area contributed by atoms with E-state index in [1.807, 2.05) is 0 Å². The van der Waals surface area contributed by atoms with Gasteiger partial charge >= 0.3 is 18.9 Å². The maximum absolute atomic E-state index is 9.01. The second kappa shape index (κ2) is 5.80. The van der Waals surface area contributed by atoms with Crippen LogP contribution in [0.25, 0.3) is 0 Å². The Morgan fingerprint density at radius 1 is 1.50 bits per heavy atom. The molecule has 0 unspecified atom stereocenters. The summed E-state index contributed by atoms with van der Waals surface area (Å²) < 4.78 is 21.2.